The topological polar surface area (TPSA) is 73.1 Å². The van der Waals surface area contributed by atoms with Crippen molar-refractivity contribution in [1.29, 1.82) is 0 Å². The van der Waals surface area contributed by atoms with E-state index >= 15 is 0 Å². The summed E-state index contributed by atoms with van der Waals surface area (Å²) in [5.74, 6) is 0.597. The van der Waals surface area contributed by atoms with Crippen LogP contribution in [-0.2, 0) is 9.53 Å². The van der Waals surface area contributed by atoms with Crippen molar-refractivity contribution in [2.45, 2.75) is 53.5 Å². The van der Waals surface area contributed by atoms with Gasteiger partial charge >= 0.3 is 5.97 Å². The Hall–Kier alpha value is -3.65. The highest BCUT2D eigenvalue weighted by atomic mass is 32.1. The van der Waals surface area contributed by atoms with Gasteiger partial charge in [0, 0.05) is 30.4 Å². The van der Waals surface area contributed by atoms with Crippen molar-refractivity contribution in [3.63, 3.8) is 0 Å². The van der Waals surface area contributed by atoms with Crippen LogP contribution < -0.4 is 24.5 Å². The average molecular weight is 548 g/mol. The van der Waals surface area contributed by atoms with Gasteiger partial charge in [0.05, 0.1) is 35.6 Å². The maximum atomic E-state index is 13.9. The molecule has 206 valence electrons. The van der Waals surface area contributed by atoms with E-state index in [1.165, 1.54) is 16.9 Å². The summed E-state index contributed by atoms with van der Waals surface area (Å²) in [5, 5.41) is 0. The third kappa shape index (κ3) is 5.57. The summed E-state index contributed by atoms with van der Waals surface area (Å²) in [6.45, 7) is 14.1. The standard InChI is InChI=1S/C31H37N3O4S/c1-8-33(9-2)24-16-15-23(25(18-24)37-7)17-26-29(35)34-28(22-13-11-21(12-14-22)19(4)5)27(30(36)38-10-3)20(6)32-31(34)39-26/h11-19,28H,8-10H2,1-7H3/b26-17-/t28-/m0/s1. The maximum Gasteiger partial charge on any atom is 0.338 e. The normalized spacial score (nSPS) is 15.3. The summed E-state index contributed by atoms with van der Waals surface area (Å²) in [7, 11) is 1.63. The van der Waals surface area contributed by atoms with Gasteiger partial charge in [-0.1, -0.05) is 49.4 Å². The zero-order valence-electron chi connectivity index (χ0n) is 23.8. The number of esters is 1. The highest BCUT2D eigenvalue weighted by molar-refractivity contribution is 7.07. The Kier molecular flexibility index (Phi) is 8.75. The number of aromatic nitrogens is 1. The molecule has 0 bridgehead atoms. The largest absolute Gasteiger partial charge is 0.496 e. The molecular weight excluding hydrogens is 510 g/mol. The molecule has 7 nitrogen and oxygen atoms in total. The van der Waals surface area contributed by atoms with Gasteiger partial charge in [0.1, 0.15) is 5.75 Å². The summed E-state index contributed by atoms with van der Waals surface area (Å²) in [6.07, 6.45) is 1.84. The lowest BCUT2D eigenvalue weighted by molar-refractivity contribution is -0.139. The van der Waals surface area contributed by atoms with Gasteiger partial charge in [0.15, 0.2) is 4.80 Å². The number of allylic oxidation sites excluding steroid dienone is 1. The van der Waals surface area contributed by atoms with Crippen LogP contribution in [0.5, 0.6) is 5.75 Å². The molecule has 0 saturated heterocycles. The summed E-state index contributed by atoms with van der Waals surface area (Å²) >= 11 is 1.31. The lowest BCUT2D eigenvalue weighted by Gasteiger charge is -2.25. The monoisotopic (exact) mass is 547 g/mol. The Morgan fingerprint density at radius 2 is 1.82 bits per heavy atom. The zero-order valence-corrected chi connectivity index (χ0v) is 24.6. The lowest BCUT2D eigenvalue weighted by Crippen LogP contribution is -2.39. The Morgan fingerprint density at radius 1 is 1.13 bits per heavy atom. The van der Waals surface area contributed by atoms with Crippen LogP contribution in [0.3, 0.4) is 0 Å². The lowest BCUT2D eigenvalue weighted by atomic mass is 9.93. The van der Waals surface area contributed by atoms with Crippen LogP contribution in [0.2, 0.25) is 0 Å². The molecule has 8 heteroatoms. The van der Waals surface area contributed by atoms with Gasteiger partial charge in [-0.05, 0) is 62.9 Å². The van der Waals surface area contributed by atoms with E-state index in [1.54, 1.807) is 25.5 Å². The molecule has 2 aromatic carbocycles. The van der Waals surface area contributed by atoms with Gasteiger partial charge in [-0.15, -0.1) is 0 Å². The predicted molar refractivity (Wildman–Crippen MR) is 157 cm³/mol. The van der Waals surface area contributed by atoms with E-state index in [0.29, 0.717) is 32.3 Å². The van der Waals surface area contributed by atoms with Crippen molar-refractivity contribution < 1.29 is 14.3 Å². The maximum absolute atomic E-state index is 13.9. The Labute approximate surface area is 233 Å². The number of ether oxygens (including phenoxy) is 2. The molecule has 0 radical (unpaired) electrons. The molecule has 0 amide bonds. The van der Waals surface area contributed by atoms with Gasteiger partial charge in [-0.3, -0.25) is 9.36 Å². The molecular formula is C31H37N3O4S. The smallest absolute Gasteiger partial charge is 0.338 e. The molecule has 1 aromatic heterocycles. The second-order valence-corrected chi connectivity index (χ2v) is 10.7. The van der Waals surface area contributed by atoms with Gasteiger partial charge < -0.3 is 14.4 Å². The average Bonchev–Trinajstić information content (AvgIpc) is 3.23. The van der Waals surface area contributed by atoms with Crippen LogP contribution in [-0.4, -0.2) is 37.3 Å². The Morgan fingerprint density at radius 3 is 2.41 bits per heavy atom. The summed E-state index contributed by atoms with van der Waals surface area (Å²) < 4.78 is 13.2. The number of hydrogen-bond acceptors (Lipinski definition) is 7. The van der Waals surface area contributed by atoms with Gasteiger partial charge in [0.25, 0.3) is 5.56 Å². The summed E-state index contributed by atoms with van der Waals surface area (Å²) in [6, 6.07) is 13.5. The quantitative estimate of drug-likeness (QED) is 0.361. The molecule has 0 saturated carbocycles. The number of methoxy groups -OCH3 is 1. The van der Waals surface area contributed by atoms with Crippen LogP contribution in [0, 0.1) is 0 Å². The van der Waals surface area contributed by atoms with Crippen molar-refractivity contribution in [2.75, 3.05) is 31.7 Å². The van der Waals surface area contributed by atoms with Crippen molar-refractivity contribution in [2.24, 2.45) is 4.99 Å². The van der Waals surface area contributed by atoms with Crippen molar-refractivity contribution in [1.82, 2.24) is 4.57 Å². The van der Waals surface area contributed by atoms with Crippen LogP contribution in [0.1, 0.15) is 70.2 Å². The fourth-order valence-corrected chi connectivity index (χ4v) is 5.95. The van der Waals surface area contributed by atoms with E-state index in [-0.39, 0.29) is 12.2 Å². The third-order valence-electron chi connectivity index (χ3n) is 7.07. The minimum atomic E-state index is -0.629. The molecule has 0 fully saturated rings. The first kappa shape index (κ1) is 28.4. The Balaban J connectivity index is 1.89. The number of anilines is 1. The second-order valence-electron chi connectivity index (χ2n) is 9.72. The molecule has 0 aliphatic carbocycles. The second kappa shape index (κ2) is 12.0. The minimum absolute atomic E-state index is 0.208. The number of fused-ring (bicyclic) bond motifs is 1. The van der Waals surface area contributed by atoms with Crippen LogP contribution >= 0.6 is 11.3 Å². The van der Waals surface area contributed by atoms with Crippen LogP contribution in [0.15, 0.2) is 63.5 Å². The fourth-order valence-electron chi connectivity index (χ4n) is 4.92. The summed E-state index contributed by atoms with van der Waals surface area (Å²) in [5.41, 5.74) is 4.62. The van der Waals surface area contributed by atoms with Gasteiger partial charge in [-0.25, -0.2) is 9.79 Å². The number of benzene rings is 2. The molecule has 39 heavy (non-hydrogen) atoms. The summed E-state index contributed by atoms with van der Waals surface area (Å²) in [4.78, 5) is 34.5. The SMILES string of the molecule is CCOC(=O)C1=C(C)N=c2s/c(=C\c3ccc(N(CC)CC)cc3OC)c(=O)n2[C@H]1c1ccc(C(C)C)cc1. The first-order valence-corrected chi connectivity index (χ1v) is 14.3. The molecule has 3 aromatic rings. The number of thiazole rings is 1. The number of hydrogen-bond donors (Lipinski definition) is 0. The van der Waals surface area contributed by atoms with Crippen molar-refractivity contribution in [3.05, 3.63) is 90.1 Å². The number of nitrogens with zero attached hydrogens (tertiary/aromatic N) is 3. The number of rotatable bonds is 9. The molecule has 4 rings (SSSR count). The van der Waals surface area contributed by atoms with Gasteiger partial charge in [0.2, 0.25) is 0 Å². The van der Waals surface area contributed by atoms with Crippen molar-refractivity contribution in [3.8, 4) is 5.75 Å². The molecule has 2 heterocycles. The first-order chi connectivity index (χ1) is 18.7. The molecule has 0 unspecified atom stereocenters. The molecule has 1 aliphatic heterocycles. The minimum Gasteiger partial charge on any atom is -0.496 e. The van der Waals surface area contributed by atoms with E-state index in [0.717, 1.165) is 29.9 Å². The van der Waals surface area contributed by atoms with Gasteiger partial charge in [-0.2, -0.15) is 0 Å². The van der Waals surface area contributed by atoms with E-state index < -0.39 is 12.0 Å². The molecule has 1 atom stereocenters. The highest BCUT2D eigenvalue weighted by Crippen LogP contribution is 2.32. The number of carbonyl (C=O) groups is 1. The van der Waals surface area contributed by atoms with E-state index in [4.69, 9.17) is 9.47 Å². The molecule has 0 N–H and O–H groups in total. The molecule has 1 aliphatic rings. The van der Waals surface area contributed by atoms with Crippen molar-refractivity contribution >= 4 is 29.1 Å². The van der Waals surface area contributed by atoms with E-state index in [1.807, 2.05) is 36.4 Å². The number of carbonyl (C=O) groups excluding carboxylic acids is 1. The first-order valence-electron chi connectivity index (χ1n) is 13.5. The predicted octanol–water partition coefficient (Wildman–Crippen LogP) is 4.78. The Bertz CT molecular complexity index is 1560. The third-order valence-corrected chi connectivity index (χ3v) is 8.05. The van der Waals surface area contributed by atoms with Crippen LogP contribution in [0.25, 0.3) is 6.08 Å². The van der Waals surface area contributed by atoms with E-state index in [2.05, 4.69) is 49.7 Å². The fraction of sp³-hybridized carbons (Fsp3) is 0.387. The highest BCUT2D eigenvalue weighted by Gasteiger charge is 2.33. The van der Waals surface area contributed by atoms with Crippen LogP contribution in [0.4, 0.5) is 5.69 Å². The van der Waals surface area contributed by atoms with E-state index in [9.17, 15) is 9.59 Å². The molecule has 0 spiro atoms. The zero-order chi connectivity index (χ0) is 28.3.